The summed E-state index contributed by atoms with van der Waals surface area (Å²) in [5, 5.41) is 6.25. The van der Waals surface area contributed by atoms with Crippen LogP contribution in [-0.2, 0) is 0 Å². The fourth-order valence-corrected chi connectivity index (χ4v) is 5.66. The van der Waals surface area contributed by atoms with E-state index in [1.807, 2.05) is 114 Å². The maximum Gasteiger partial charge on any atom is 0.207 e. The third kappa shape index (κ3) is 21.1. The van der Waals surface area contributed by atoms with Gasteiger partial charge in [-0.15, -0.1) is 37.0 Å². The van der Waals surface area contributed by atoms with Gasteiger partial charge in [-0.1, -0.05) is 108 Å². The van der Waals surface area contributed by atoms with Crippen molar-refractivity contribution in [2.45, 2.75) is 73.3 Å². The van der Waals surface area contributed by atoms with Crippen LogP contribution < -0.4 is 22.1 Å². The molecule has 0 aliphatic heterocycles. The number of fused-ring (bicyclic) bond motifs is 4. The van der Waals surface area contributed by atoms with Gasteiger partial charge in [0.1, 0.15) is 11.6 Å². The number of benzene rings is 4. The zero-order valence-electron chi connectivity index (χ0n) is 29.4. The molecular weight excluding hydrogens is 858 g/mol. The standard InChI is InChI=1S/C8H11N3P2.C8H10N3P.C8H9N2P.C8H8N2.2CH6NP.8CH4/c12-5-9-8-10-6-3-1-2-4-7(6)11(8)13;12-5-9-8-10-6-3-1-2-4-7(6)11-8;1-6-9-7-4-2-3-5-8(7)10(6)11;1-6-9-7-4-2-3-5-8(7)10-6;2*2-1-3;;;;;;;;/h1-4H,5,12-13H2,(H,9,10);1-4H,5,12H2,(H2,9,10,11);2-5H,11H2,1H3;2-5H,1H3,(H,9,10);2*1-3H2;8*1H4. The first-order valence-electron chi connectivity index (χ1n) is 16.2. The molecule has 8 rings (SSSR count). The van der Waals surface area contributed by atoms with Crippen molar-refractivity contribution >= 4 is 112 Å². The third-order valence-corrected chi connectivity index (χ3v) is 8.38. The Kier molecular flexibility index (Phi) is 43.0. The maximum absolute atomic E-state index is 4.81. The maximum atomic E-state index is 4.81. The molecule has 0 radical (unpaired) electrons. The van der Waals surface area contributed by atoms with Gasteiger partial charge in [0, 0.05) is 25.1 Å². The number of H-pyrrole nitrogens is 2. The highest BCUT2D eigenvalue weighted by molar-refractivity contribution is 7.17. The highest BCUT2D eigenvalue weighted by atomic mass is 31.0. The SMILES string of the molecule is C.C.C.C.C.C.C.C.Cc1nc2ccccc2[nH]1.Cc1nc2ccccc2n1P.NCP.NCP.PCNc1nc2ccccc2[nH]1.PCNc1nc2ccccc2n1P. The highest BCUT2D eigenvalue weighted by Crippen LogP contribution is 2.22. The Hall–Kier alpha value is -3.14. The number of aromatic nitrogens is 8. The molecule has 12 nitrogen and oxygen atoms in total. The minimum Gasteiger partial charge on any atom is -0.352 e. The van der Waals surface area contributed by atoms with Crippen molar-refractivity contribution in [3.8, 4) is 0 Å². The van der Waals surface area contributed by atoms with Gasteiger partial charge in [-0.2, -0.15) is 0 Å². The van der Waals surface area contributed by atoms with E-state index in [0.29, 0.717) is 12.6 Å². The Morgan fingerprint density at radius 1 is 0.500 bits per heavy atom. The summed E-state index contributed by atoms with van der Waals surface area (Å²) in [7, 11) is 15.2. The van der Waals surface area contributed by atoms with Crippen LogP contribution in [0, 0.1) is 13.8 Å². The highest BCUT2D eigenvalue weighted by Gasteiger charge is 2.05. The molecule has 0 fully saturated rings. The van der Waals surface area contributed by atoms with Crippen molar-refractivity contribution in [2.75, 3.05) is 35.8 Å². The van der Waals surface area contributed by atoms with Gasteiger partial charge in [-0.3, -0.25) is 4.34 Å². The van der Waals surface area contributed by atoms with Crippen molar-refractivity contribution in [1.82, 2.24) is 38.6 Å². The molecule has 0 spiro atoms. The van der Waals surface area contributed by atoms with E-state index in [2.05, 4.69) is 102 Å². The predicted molar refractivity (Wildman–Crippen MR) is 299 cm³/mol. The quantitative estimate of drug-likeness (QED) is 0.0948. The molecule has 0 saturated heterocycles. The van der Waals surface area contributed by atoms with Gasteiger partial charge in [-0.05, 0) is 81.2 Å². The molecule has 4 aromatic carbocycles. The lowest BCUT2D eigenvalue weighted by molar-refractivity contribution is 1.12. The smallest absolute Gasteiger partial charge is 0.207 e. The van der Waals surface area contributed by atoms with Gasteiger partial charge < -0.3 is 36.4 Å². The molecule has 4 heterocycles. The average molecular weight is 941 g/mol. The Labute approximate surface area is 378 Å². The van der Waals surface area contributed by atoms with Crippen molar-refractivity contribution in [3.05, 3.63) is 109 Å². The van der Waals surface area contributed by atoms with E-state index in [4.69, 9.17) is 11.5 Å². The second-order valence-electron chi connectivity index (χ2n) is 10.5. The molecule has 0 saturated carbocycles. The molecule has 6 unspecified atom stereocenters. The van der Waals surface area contributed by atoms with Crippen molar-refractivity contribution in [3.63, 3.8) is 0 Å². The number of aryl methyl sites for hydroxylation is 2. The van der Waals surface area contributed by atoms with Crippen LogP contribution in [0.15, 0.2) is 97.1 Å². The number of nitrogens with two attached hydrogens (primary N) is 2. The lowest BCUT2D eigenvalue weighted by Crippen LogP contribution is -1.98. The van der Waals surface area contributed by atoms with Crippen LogP contribution in [-0.4, -0.2) is 63.7 Å². The number of aromatic amines is 2. The molecule has 8 N–H and O–H groups in total. The summed E-state index contributed by atoms with van der Waals surface area (Å²) in [5.41, 5.74) is 18.2. The van der Waals surface area contributed by atoms with Gasteiger partial charge in [0.25, 0.3) is 0 Å². The van der Waals surface area contributed by atoms with Gasteiger partial charge in [0.05, 0.1) is 44.1 Å². The van der Waals surface area contributed by atoms with E-state index >= 15 is 0 Å². The van der Waals surface area contributed by atoms with E-state index < -0.39 is 0 Å². The Balaban J connectivity index is -0.000000149. The summed E-state index contributed by atoms with van der Waals surface area (Å²) in [6, 6.07) is 32.1. The zero-order chi connectivity index (χ0) is 37.9. The van der Waals surface area contributed by atoms with Crippen molar-refractivity contribution in [1.29, 1.82) is 0 Å². The summed E-state index contributed by atoms with van der Waals surface area (Å²) < 4.78 is 3.98. The number of imidazole rings is 4. The number of anilines is 2. The van der Waals surface area contributed by atoms with Gasteiger partial charge in [0.2, 0.25) is 11.9 Å². The molecule has 0 aliphatic rings. The fourth-order valence-electron chi connectivity index (χ4n) is 4.64. The average Bonchev–Trinajstić information content (AvgIpc) is 3.89. The van der Waals surface area contributed by atoms with Crippen LogP contribution >= 0.6 is 55.7 Å². The summed E-state index contributed by atoms with van der Waals surface area (Å²) in [6.45, 7) is 3.95. The van der Waals surface area contributed by atoms with E-state index in [1.54, 1.807) is 0 Å². The second-order valence-corrected chi connectivity index (χ2v) is 13.3. The molecule has 4 aromatic heterocycles. The van der Waals surface area contributed by atoms with E-state index in [-0.39, 0.29) is 59.4 Å². The van der Waals surface area contributed by atoms with Crippen molar-refractivity contribution < 1.29 is 0 Å². The van der Waals surface area contributed by atoms with E-state index in [0.717, 1.165) is 80.3 Å². The zero-order valence-corrected chi connectivity index (χ0v) is 36.3. The number of nitrogens with zero attached hydrogens (tertiary/aromatic N) is 6. The number of nitrogens with one attached hydrogen (secondary N) is 4. The van der Waals surface area contributed by atoms with Crippen LogP contribution in [0.2, 0.25) is 0 Å². The molecule has 8 aromatic rings. The Bertz CT molecular complexity index is 2150. The number of hydrogen-bond donors (Lipinski definition) is 6. The first kappa shape index (κ1) is 68.6. The van der Waals surface area contributed by atoms with E-state index in [1.165, 1.54) is 0 Å². The topological polar surface area (TPSA) is 169 Å². The minimum absolute atomic E-state index is 0. The largest absolute Gasteiger partial charge is 0.352 e. The van der Waals surface area contributed by atoms with E-state index in [9.17, 15) is 0 Å². The summed E-state index contributed by atoms with van der Waals surface area (Å²) in [5.74, 6) is 3.70. The number of para-hydroxylation sites is 8. The lowest BCUT2D eigenvalue weighted by atomic mass is 10.3. The van der Waals surface area contributed by atoms with Gasteiger partial charge >= 0.3 is 0 Å². The van der Waals surface area contributed by atoms with Gasteiger partial charge in [0.15, 0.2) is 0 Å². The molecule has 60 heavy (non-hydrogen) atoms. The van der Waals surface area contributed by atoms with Crippen LogP contribution in [0.4, 0.5) is 11.9 Å². The Morgan fingerprint density at radius 2 is 0.883 bits per heavy atom. The molecule has 0 amide bonds. The lowest BCUT2D eigenvalue weighted by Gasteiger charge is -2.01. The fraction of sp³-hybridized carbons (Fsp3) is 0.333. The third-order valence-electron chi connectivity index (χ3n) is 6.79. The predicted octanol–water partition coefficient (Wildman–Crippen LogP) is 12.2. The molecular formula is C42H82N12P6. The first-order valence-corrected chi connectivity index (χ1v) is 20.5. The Morgan fingerprint density at radius 3 is 1.30 bits per heavy atom. The monoisotopic (exact) mass is 941 g/mol. The minimum atomic E-state index is 0. The number of hydrogen-bond acceptors (Lipinski definition) is 8. The molecule has 18 heteroatoms. The second kappa shape index (κ2) is 37.6. The van der Waals surface area contributed by atoms with Crippen LogP contribution in [0.25, 0.3) is 44.1 Å². The molecule has 340 valence electrons. The van der Waals surface area contributed by atoms with Crippen molar-refractivity contribution in [2.24, 2.45) is 11.5 Å². The van der Waals surface area contributed by atoms with Crippen LogP contribution in [0.5, 0.6) is 0 Å². The summed E-state index contributed by atoms with van der Waals surface area (Å²) in [6.07, 6.45) is 2.94. The summed E-state index contributed by atoms with van der Waals surface area (Å²) in [4.78, 5) is 23.7. The molecule has 0 bridgehead atoms. The normalized spacial score (nSPS) is 8.70. The van der Waals surface area contributed by atoms with Crippen LogP contribution in [0.3, 0.4) is 0 Å². The van der Waals surface area contributed by atoms with Crippen LogP contribution in [0.1, 0.15) is 71.1 Å². The number of rotatable bonds is 4. The molecule has 6 atom stereocenters. The van der Waals surface area contributed by atoms with Gasteiger partial charge in [-0.25, -0.2) is 19.9 Å². The molecule has 0 aliphatic carbocycles. The first-order chi connectivity index (χ1) is 25.2. The summed E-state index contributed by atoms with van der Waals surface area (Å²) >= 11 is 0.